The Balaban J connectivity index is 1.75. The number of rotatable bonds is 9. The smallest absolute Gasteiger partial charge is 0.327 e. The summed E-state index contributed by atoms with van der Waals surface area (Å²) in [6.45, 7) is 3.05. The first kappa shape index (κ1) is 25.2. The van der Waals surface area contributed by atoms with E-state index in [0.717, 1.165) is 11.1 Å². The first-order valence-corrected chi connectivity index (χ1v) is 12.0. The summed E-state index contributed by atoms with van der Waals surface area (Å²) < 4.78 is 16.4. The molecule has 1 saturated heterocycles. The minimum absolute atomic E-state index is 0.0398. The molecule has 0 bridgehead atoms. The lowest BCUT2D eigenvalue weighted by Gasteiger charge is -2.41. The van der Waals surface area contributed by atoms with Gasteiger partial charge in [0.2, 0.25) is 0 Å². The van der Waals surface area contributed by atoms with E-state index in [9.17, 15) is 14.4 Å². The Morgan fingerprint density at radius 2 is 1.36 bits per heavy atom. The van der Waals surface area contributed by atoms with Crippen LogP contribution in [0.4, 0.5) is 0 Å². The Bertz CT molecular complexity index is 1200. The molecular formula is C30H30O6. The van der Waals surface area contributed by atoms with E-state index in [2.05, 4.69) is 0 Å². The Kier molecular flexibility index (Phi) is 7.25. The van der Waals surface area contributed by atoms with Crippen LogP contribution >= 0.6 is 0 Å². The number of carbonyl (C=O) groups is 3. The maximum absolute atomic E-state index is 13.7. The zero-order valence-electron chi connectivity index (χ0n) is 20.7. The summed E-state index contributed by atoms with van der Waals surface area (Å²) in [5.41, 5.74) is 0.517. The van der Waals surface area contributed by atoms with Crippen LogP contribution in [0.25, 0.3) is 0 Å². The van der Waals surface area contributed by atoms with Crippen molar-refractivity contribution in [1.82, 2.24) is 0 Å². The molecule has 0 N–H and O–H groups in total. The zero-order chi connectivity index (χ0) is 25.8. The summed E-state index contributed by atoms with van der Waals surface area (Å²) in [5, 5.41) is 0. The number of esters is 2. The number of benzene rings is 3. The van der Waals surface area contributed by atoms with Crippen molar-refractivity contribution in [3.8, 4) is 5.75 Å². The fourth-order valence-electron chi connectivity index (χ4n) is 4.64. The maximum atomic E-state index is 13.7. The van der Waals surface area contributed by atoms with Crippen LogP contribution in [-0.4, -0.2) is 30.6 Å². The lowest BCUT2D eigenvalue weighted by molar-refractivity contribution is -0.252. The monoisotopic (exact) mass is 486 g/mol. The van der Waals surface area contributed by atoms with Gasteiger partial charge < -0.3 is 14.2 Å². The molecule has 0 spiro atoms. The largest absolute Gasteiger partial charge is 0.497 e. The van der Waals surface area contributed by atoms with Crippen molar-refractivity contribution >= 4 is 17.7 Å². The van der Waals surface area contributed by atoms with Crippen LogP contribution < -0.4 is 4.74 Å². The number of Topliss-reactive ketones (excluding diaryl/α,β-unsaturated/α-hetero) is 1. The second-order valence-corrected chi connectivity index (χ2v) is 9.61. The molecule has 1 aliphatic heterocycles. The van der Waals surface area contributed by atoms with Gasteiger partial charge in [-0.1, -0.05) is 72.8 Å². The molecule has 6 nitrogen and oxygen atoms in total. The molecule has 0 saturated carbocycles. The maximum Gasteiger partial charge on any atom is 0.327 e. The highest BCUT2D eigenvalue weighted by Crippen LogP contribution is 2.42. The number of hydrogen-bond donors (Lipinski definition) is 0. The summed E-state index contributed by atoms with van der Waals surface area (Å²) in [6, 6.07) is 25.6. The van der Waals surface area contributed by atoms with Crippen molar-refractivity contribution in [3.05, 3.63) is 102 Å². The molecular weight excluding hydrogens is 456 g/mol. The third-order valence-electron chi connectivity index (χ3n) is 6.47. The number of methoxy groups -OCH3 is 1. The molecule has 186 valence electrons. The second kappa shape index (κ2) is 10.4. The number of cyclic esters (lactones) is 2. The van der Waals surface area contributed by atoms with Gasteiger partial charge >= 0.3 is 11.9 Å². The molecule has 1 aliphatic rings. The van der Waals surface area contributed by atoms with E-state index in [4.69, 9.17) is 14.2 Å². The molecule has 1 heterocycles. The van der Waals surface area contributed by atoms with Crippen molar-refractivity contribution in [2.75, 3.05) is 7.11 Å². The highest BCUT2D eigenvalue weighted by Gasteiger charge is 2.57. The molecule has 0 aromatic heterocycles. The Hall–Kier alpha value is -3.93. The zero-order valence-corrected chi connectivity index (χ0v) is 20.7. The van der Waals surface area contributed by atoms with E-state index >= 15 is 0 Å². The molecule has 36 heavy (non-hydrogen) atoms. The lowest BCUT2D eigenvalue weighted by Crippen LogP contribution is -2.56. The number of carbonyl (C=O) groups excluding carboxylic acids is 3. The molecule has 4 rings (SSSR count). The average molecular weight is 487 g/mol. The molecule has 0 unspecified atom stereocenters. The highest BCUT2D eigenvalue weighted by molar-refractivity contribution is 6.04. The topological polar surface area (TPSA) is 78.9 Å². The van der Waals surface area contributed by atoms with Crippen molar-refractivity contribution in [2.45, 2.75) is 38.9 Å². The predicted molar refractivity (Wildman–Crippen MR) is 134 cm³/mol. The van der Waals surface area contributed by atoms with Gasteiger partial charge in [-0.25, -0.2) is 0 Å². The highest BCUT2D eigenvalue weighted by atomic mass is 16.7. The van der Waals surface area contributed by atoms with Crippen LogP contribution in [0.1, 0.15) is 41.8 Å². The molecule has 0 aliphatic carbocycles. The van der Waals surface area contributed by atoms with Gasteiger partial charge in [-0.2, -0.15) is 0 Å². The summed E-state index contributed by atoms with van der Waals surface area (Å²) >= 11 is 0. The SMILES string of the molecule is COc1ccc(CC2(C[C@H](Cc3ccccc3)C(=O)c3ccccc3)C(=O)OC(C)(C)OC2=O)cc1. The number of ether oxygens (including phenoxy) is 3. The summed E-state index contributed by atoms with van der Waals surface area (Å²) in [7, 11) is 1.57. The van der Waals surface area contributed by atoms with Crippen LogP contribution in [0.5, 0.6) is 5.75 Å². The van der Waals surface area contributed by atoms with E-state index in [-0.39, 0.29) is 18.6 Å². The lowest BCUT2D eigenvalue weighted by atomic mass is 9.71. The molecule has 3 aromatic rings. The van der Waals surface area contributed by atoms with Gasteiger partial charge in [0, 0.05) is 25.3 Å². The van der Waals surface area contributed by atoms with Gasteiger partial charge in [0.05, 0.1) is 7.11 Å². The predicted octanol–water partition coefficient (Wildman–Crippen LogP) is 5.19. The fourth-order valence-corrected chi connectivity index (χ4v) is 4.64. The number of hydrogen-bond acceptors (Lipinski definition) is 6. The van der Waals surface area contributed by atoms with E-state index < -0.39 is 29.1 Å². The second-order valence-electron chi connectivity index (χ2n) is 9.61. The van der Waals surface area contributed by atoms with Crippen LogP contribution in [0.2, 0.25) is 0 Å². The van der Waals surface area contributed by atoms with Gasteiger partial charge in [-0.3, -0.25) is 14.4 Å². The molecule has 0 radical (unpaired) electrons. The summed E-state index contributed by atoms with van der Waals surface area (Å²) in [6.07, 6.45) is 0.358. The van der Waals surface area contributed by atoms with E-state index in [0.29, 0.717) is 17.7 Å². The average Bonchev–Trinajstić information content (AvgIpc) is 2.87. The van der Waals surface area contributed by atoms with Crippen LogP contribution in [0, 0.1) is 11.3 Å². The fraction of sp³-hybridized carbons (Fsp3) is 0.300. The van der Waals surface area contributed by atoms with Gasteiger partial charge in [-0.05, 0) is 42.5 Å². The molecule has 1 fully saturated rings. The van der Waals surface area contributed by atoms with Crippen LogP contribution in [0.15, 0.2) is 84.9 Å². The third kappa shape index (κ3) is 5.48. The minimum Gasteiger partial charge on any atom is -0.497 e. The first-order valence-electron chi connectivity index (χ1n) is 12.0. The van der Waals surface area contributed by atoms with Crippen molar-refractivity contribution in [1.29, 1.82) is 0 Å². The quantitative estimate of drug-likeness (QED) is 0.235. The molecule has 6 heteroatoms. The summed E-state index contributed by atoms with van der Waals surface area (Å²) in [5.74, 6) is -2.88. The van der Waals surface area contributed by atoms with E-state index in [1.165, 1.54) is 13.8 Å². The Labute approximate surface area is 211 Å². The van der Waals surface area contributed by atoms with Crippen molar-refractivity contribution < 1.29 is 28.6 Å². The Morgan fingerprint density at radius 1 is 0.806 bits per heavy atom. The van der Waals surface area contributed by atoms with Crippen molar-refractivity contribution in [2.24, 2.45) is 11.3 Å². The Morgan fingerprint density at radius 3 is 1.92 bits per heavy atom. The molecule has 1 atom stereocenters. The molecule has 0 amide bonds. The van der Waals surface area contributed by atoms with Crippen LogP contribution in [0.3, 0.4) is 0 Å². The van der Waals surface area contributed by atoms with Gasteiger partial charge in [0.15, 0.2) is 11.2 Å². The normalized spacial score (nSPS) is 17.0. The standard InChI is InChI=1S/C30H30O6/c1-29(2)35-27(32)30(28(33)36-29,19-22-14-16-25(34-3)17-15-22)20-24(18-21-10-6-4-7-11-21)26(31)23-12-8-5-9-13-23/h4-17,24H,18-20H2,1-3H3/t24-/m0/s1. The van der Waals surface area contributed by atoms with E-state index in [1.807, 2.05) is 36.4 Å². The third-order valence-corrected chi connectivity index (χ3v) is 6.47. The van der Waals surface area contributed by atoms with Crippen molar-refractivity contribution in [3.63, 3.8) is 0 Å². The van der Waals surface area contributed by atoms with Crippen LogP contribution in [-0.2, 0) is 31.9 Å². The minimum atomic E-state index is -1.67. The first-order chi connectivity index (χ1) is 17.2. The van der Waals surface area contributed by atoms with Gasteiger partial charge in [0.25, 0.3) is 5.79 Å². The summed E-state index contributed by atoms with van der Waals surface area (Å²) in [4.78, 5) is 40.8. The number of ketones is 1. The molecule has 3 aromatic carbocycles. The van der Waals surface area contributed by atoms with Gasteiger partial charge in [-0.15, -0.1) is 0 Å². The van der Waals surface area contributed by atoms with E-state index in [1.54, 1.807) is 55.6 Å². The van der Waals surface area contributed by atoms with Gasteiger partial charge in [0.1, 0.15) is 5.75 Å².